The summed E-state index contributed by atoms with van der Waals surface area (Å²) in [6.07, 6.45) is -0.956. The third kappa shape index (κ3) is 4.50. The van der Waals surface area contributed by atoms with Crippen molar-refractivity contribution < 1.29 is 19.4 Å². The van der Waals surface area contributed by atoms with E-state index in [0.717, 1.165) is 5.56 Å². The first-order chi connectivity index (χ1) is 14.5. The molecule has 6 nitrogen and oxygen atoms in total. The molecular formula is C23H21ClN2O4. The van der Waals surface area contributed by atoms with E-state index in [0.29, 0.717) is 52.2 Å². The number of hydrogen-bond donors (Lipinski definition) is 3. The Morgan fingerprint density at radius 3 is 2.40 bits per heavy atom. The van der Waals surface area contributed by atoms with Crippen LogP contribution in [-0.2, 0) is 0 Å². The number of halogens is 1. The van der Waals surface area contributed by atoms with Gasteiger partial charge in [-0.2, -0.15) is 0 Å². The number of amides is 2. The fraction of sp³-hybridized carbons (Fsp3) is 0.174. The van der Waals surface area contributed by atoms with Gasteiger partial charge in [-0.1, -0.05) is 47.5 Å². The van der Waals surface area contributed by atoms with E-state index < -0.39 is 12.1 Å². The molecule has 7 heteroatoms. The van der Waals surface area contributed by atoms with Gasteiger partial charge in [0.25, 0.3) is 0 Å². The molecule has 4 rings (SSSR count). The highest BCUT2D eigenvalue weighted by molar-refractivity contribution is 6.30. The summed E-state index contributed by atoms with van der Waals surface area (Å²) in [6.45, 7) is 2.82. The number of rotatable bonds is 4. The lowest BCUT2D eigenvalue weighted by atomic mass is 9.98. The Balaban J connectivity index is 1.64. The summed E-state index contributed by atoms with van der Waals surface area (Å²) in [5.41, 5.74) is 3.28. The number of anilines is 2. The fourth-order valence-corrected chi connectivity index (χ4v) is 3.41. The molecule has 0 bridgehead atoms. The number of carbonyl (C=O) groups excluding carboxylic acids is 1. The summed E-state index contributed by atoms with van der Waals surface area (Å²) in [7, 11) is 0. The van der Waals surface area contributed by atoms with Crippen molar-refractivity contribution in [1.82, 2.24) is 0 Å². The molecule has 1 aliphatic rings. The van der Waals surface area contributed by atoms with Crippen LogP contribution in [0.1, 0.15) is 22.8 Å². The van der Waals surface area contributed by atoms with Crippen molar-refractivity contribution in [2.24, 2.45) is 0 Å². The van der Waals surface area contributed by atoms with Gasteiger partial charge in [-0.3, -0.25) is 0 Å². The van der Waals surface area contributed by atoms with E-state index in [1.54, 1.807) is 36.4 Å². The SMILES string of the molecule is Cc1ccc([C@@H](O)c2cc3c(cc2NC(=O)Nc2cccc(Cl)c2)OCCO3)cc1. The molecule has 3 aromatic rings. The molecular weight excluding hydrogens is 404 g/mol. The number of aliphatic hydroxyl groups is 1. The molecule has 0 saturated carbocycles. The van der Waals surface area contributed by atoms with Crippen molar-refractivity contribution >= 4 is 29.0 Å². The van der Waals surface area contributed by atoms with Crippen LogP contribution < -0.4 is 20.1 Å². The van der Waals surface area contributed by atoms with Gasteiger partial charge in [-0.05, 0) is 36.8 Å². The molecule has 2 amide bonds. The minimum absolute atomic E-state index is 0.418. The maximum absolute atomic E-state index is 12.6. The molecule has 1 atom stereocenters. The normalized spacial score (nSPS) is 13.4. The highest BCUT2D eigenvalue weighted by atomic mass is 35.5. The first-order valence-electron chi connectivity index (χ1n) is 9.51. The second kappa shape index (κ2) is 8.65. The maximum atomic E-state index is 12.6. The monoisotopic (exact) mass is 424 g/mol. The van der Waals surface area contributed by atoms with Crippen molar-refractivity contribution in [3.63, 3.8) is 0 Å². The van der Waals surface area contributed by atoms with E-state index in [1.807, 2.05) is 31.2 Å². The van der Waals surface area contributed by atoms with Crippen molar-refractivity contribution in [2.75, 3.05) is 23.8 Å². The molecule has 3 N–H and O–H groups in total. The van der Waals surface area contributed by atoms with Crippen LogP contribution in [0.2, 0.25) is 5.02 Å². The lowest BCUT2D eigenvalue weighted by molar-refractivity contribution is 0.170. The number of aryl methyl sites for hydroxylation is 1. The number of benzene rings is 3. The van der Waals surface area contributed by atoms with Gasteiger partial charge in [0.2, 0.25) is 0 Å². The average molecular weight is 425 g/mol. The van der Waals surface area contributed by atoms with Crippen molar-refractivity contribution in [3.8, 4) is 11.5 Å². The van der Waals surface area contributed by atoms with Gasteiger partial charge < -0.3 is 25.2 Å². The summed E-state index contributed by atoms with van der Waals surface area (Å²) < 4.78 is 11.3. The topological polar surface area (TPSA) is 79.8 Å². The van der Waals surface area contributed by atoms with E-state index in [-0.39, 0.29) is 0 Å². The average Bonchev–Trinajstić information content (AvgIpc) is 2.73. The maximum Gasteiger partial charge on any atom is 0.323 e. The predicted molar refractivity (Wildman–Crippen MR) is 117 cm³/mol. The zero-order valence-electron chi connectivity index (χ0n) is 16.3. The minimum atomic E-state index is -0.956. The van der Waals surface area contributed by atoms with Crippen LogP contribution in [0.25, 0.3) is 0 Å². The van der Waals surface area contributed by atoms with Crippen molar-refractivity contribution in [3.05, 3.63) is 82.4 Å². The van der Waals surface area contributed by atoms with E-state index in [9.17, 15) is 9.90 Å². The van der Waals surface area contributed by atoms with E-state index in [1.165, 1.54) is 0 Å². The fourth-order valence-electron chi connectivity index (χ4n) is 3.22. The number of urea groups is 1. The number of carbonyl (C=O) groups is 1. The van der Waals surface area contributed by atoms with Crippen LogP contribution in [0.3, 0.4) is 0 Å². The van der Waals surface area contributed by atoms with Gasteiger partial charge in [0.05, 0.1) is 5.69 Å². The number of aliphatic hydroxyl groups excluding tert-OH is 1. The first-order valence-corrected chi connectivity index (χ1v) is 9.89. The van der Waals surface area contributed by atoms with Gasteiger partial charge in [-0.25, -0.2) is 4.79 Å². The van der Waals surface area contributed by atoms with Gasteiger partial charge >= 0.3 is 6.03 Å². The molecule has 0 fully saturated rings. The van der Waals surface area contributed by atoms with Gasteiger partial charge in [0, 0.05) is 22.3 Å². The summed E-state index contributed by atoms with van der Waals surface area (Å²) >= 11 is 5.98. The smallest absolute Gasteiger partial charge is 0.323 e. The number of ether oxygens (including phenoxy) is 2. The number of fused-ring (bicyclic) bond motifs is 1. The molecule has 0 unspecified atom stereocenters. The Morgan fingerprint density at radius 2 is 1.70 bits per heavy atom. The van der Waals surface area contributed by atoms with E-state index in [2.05, 4.69) is 10.6 Å². The third-order valence-electron chi connectivity index (χ3n) is 4.73. The van der Waals surface area contributed by atoms with Gasteiger partial charge in [-0.15, -0.1) is 0 Å². The molecule has 0 saturated heterocycles. The Bertz CT molecular complexity index is 1070. The van der Waals surface area contributed by atoms with Gasteiger partial charge in [0.15, 0.2) is 11.5 Å². The van der Waals surface area contributed by atoms with E-state index >= 15 is 0 Å². The molecule has 0 spiro atoms. The predicted octanol–water partition coefficient (Wildman–Crippen LogP) is 5.15. The molecule has 1 heterocycles. The second-order valence-corrected chi connectivity index (χ2v) is 7.42. The lowest BCUT2D eigenvalue weighted by Gasteiger charge is -2.23. The lowest BCUT2D eigenvalue weighted by Crippen LogP contribution is -2.22. The first kappa shape index (κ1) is 20.1. The van der Waals surface area contributed by atoms with Crippen LogP contribution in [0.5, 0.6) is 11.5 Å². The Kier molecular flexibility index (Phi) is 5.79. The number of hydrogen-bond acceptors (Lipinski definition) is 4. The van der Waals surface area contributed by atoms with Crippen LogP contribution in [-0.4, -0.2) is 24.4 Å². The highest BCUT2D eigenvalue weighted by Gasteiger charge is 2.22. The Labute approximate surface area is 179 Å². The van der Waals surface area contributed by atoms with Crippen LogP contribution in [0.15, 0.2) is 60.7 Å². The van der Waals surface area contributed by atoms with Crippen molar-refractivity contribution in [2.45, 2.75) is 13.0 Å². The zero-order valence-corrected chi connectivity index (χ0v) is 17.1. The molecule has 1 aliphatic heterocycles. The third-order valence-corrected chi connectivity index (χ3v) is 4.97. The standard InChI is InChI=1S/C23H21ClN2O4/c1-14-5-7-15(8-6-14)22(27)18-12-20-21(30-10-9-29-20)13-19(18)26-23(28)25-17-4-2-3-16(24)11-17/h2-8,11-13,22,27H,9-10H2,1H3,(H2,25,26,28)/t22-/m1/s1. The molecule has 0 aliphatic carbocycles. The summed E-state index contributed by atoms with van der Waals surface area (Å²) in [5, 5.41) is 17.1. The molecule has 154 valence electrons. The largest absolute Gasteiger partial charge is 0.486 e. The highest BCUT2D eigenvalue weighted by Crippen LogP contribution is 2.39. The zero-order chi connectivity index (χ0) is 21.1. The molecule has 0 aromatic heterocycles. The van der Waals surface area contributed by atoms with Crippen LogP contribution >= 0.6 is 11.6 Å². The van der Waals surface area contributed by atoms with E-state index in [4.69, 9.17) is 21.1 Å². The summed E-state index contributed by atoms with van der Waals surface area (Å²) in [6, 6.07) is 17.3. The Hall–Kier alpha value is -3.22. The van der Waals surface area contributed by atoms with Crippen molar-refractivity contribution in [1.29, 1.82) is 0 Å². The summed E-state index contributed by atoms with van der Waals surface area (Å²) in [4.78, 5) is 12.6. The number of nitrogens with one attached hydrogen (secondary N) is 2. The molecule has 30 heavy (non-hydrogen) atoms. The Morgan fingerprint density at radius 1 is 1.00 bits per heavy atom. The minimum Gasteiger partial charge on any atom is -0.486 e. The second-order valence-electron chi connectivity index (χ2n) is 6.99. The van der Waals surface area contributed by atoms with Crippen LogP contribution in [0, 0.1) is 6.92 Å². The molecule has 3 aromatic carbocycles. The van der Waals surface area contributed by atoms with Crippen LogP contribution in [0.4, 0.5) is 16.2 Å². The molecule has 0 radical (unpaired) electrons. The summed E-state index contributed by atoms with van der Waals surface area (Å²) in [5.74, 6) is 1.04. The quantitative estimate of drug-likeness (QED) is 0.541. The van der Waals surface area contributed by atoms with Gasteiger partial charge in [0.1, 0.15) is 19.3 Å².